The van der Waals surface area contributed by atoms with Crippen LogP contribution in [0.25, 0.3) is 0 Å². The third kappa shape index (κ3) is 4.70. The normalized spacial score (nSPS) is 19.8. The topological polar surface area (TPSA) is 95.4 Å². The summed E-state index contributed by atoms with van der Waals surface area (Å²) in [6.45, 7) is 3.06. The van der Waals surface area contributed by atoms with Gasteiger partial charge in [0, 0.05) is 6.61 Å². The Hall–Kier alpha value is -1.67. The van der Waals surface area contributed by atoms with Crippen molar-refractivity contribution in [3.63, 3.8) is 0 Å². The summed E-state index contributed by atoms with van der Waals surface area (Å²) in [6.07, 6.45) is 2.94. The Labute approximate surface area is 151 Å². The molecule has 7 nitrogen and oxygen atoms in total. The first-order chi connectivity index (χ1) is 12.0. The lowest BCUT2D eigenvalue weighted by Gasteiger charge is -2.15. The second-order valence-electron chi connectivity index (χ2n) is 6.34. The maximum absolute atomic E-state index is 10.2. The largest absolute Gasteiger partial charge is 0.489 e. The zero-order valence-electron chi connectivity index (χ0n) is 14.1. The van der Waals surface area contributed by atoms with E-state index in [-0.39, 0.29) is 25.3 Å². The number of aliphatic hydroxyl groups excluding tert-OH is 1. The van der Waals surface area contributed by atoms with E-state index in [9.17, 15) is 5.11 Å². The van der Waals surface area contributed by atoms with Crippen molar-refractivity contribution in [2.45, 2.75) is 44.6 Å². The Kier molecular flexibility index (Phi) is 5.90. The van der Waals surface area contributed by atoms with E-state index in [2.05, 4.69) is 10.3 Å². The van der Waals surface area contributed by atoms with Gasteiger partial charge in [-0.2, -0.15) is 0 Å². The number of halogens is 1. The predicted octanol–water partition coefficient (Wildman–Crippen LogP) is 1.86. The highest BCUT2D eigenvalue weighted by atomic mass is 35.5. The molecule has 1 aliphatic heterocycles. The number of aryl methyl sites for hydroxylation is 1. The van der Waals surface area contributed by atoms with E-state index in [0.29, 0.717) is 16.5 Å². The molecule has 136 valence electrons. The Morgan fingerprint density at radius 3 is 3.12 bits per heavy atom. The van der Waals surface area contributed by atoms with Gasteiger partial charge in [0.15, 0.2) is 0 Å². The number of aromatic nitrogens is 3. The number of nitrogens with two attached hydrogens (primary N) is 1. The average molecular weight is 367 g/mol. The summed E-state index contributed by atoms with van der Waals surface area (Å²) in [5.74, 6) is 0.556. The summed E-state index contributed by atoms with van der Waals surface area (Å²) < 4.78 is 12.7. The van der Waals surface area contributed by atoms with Crippen LogP contribution in [0.15, 0.2) is 24.4 Å². The van der Waals surface area contributed by atoms with Gasteiger partial charge in [-0.15, -0.1) is 5.10 Å². The van der Waals surface area contributed by atoms with Crippen LogP contribution in [0.1, 0.15) is 30.1 Å². The van der Waals surface area contributed by atoms with Gasteiger partial charge in [0.25, 0.3) is 0 Å². The molecular weight excluding hydrogens is 344 g/mol. The van der Waals surface area contributed by atoms with Crippen LogP contribution in [-0.2, 0) is 11.3 Å². The molecule has 0 bridgehead atoms. The van der Waals surface area contributed by atoms with Crippen molar-refractivity contribution in [1.29, 1.82) is 0 Å². The number of ether oxygens (including phenoxy) is 2. The van der Waals surface area contributed by atoms with Crippen molar-refractivity contribution in [3.05, 3.63) is 40.7 Å². The van der Waals surface area contributed by atoms with Crippen LogP contribution in [0.5, 0.6) is 5.75 Å². The first-order valence-corrected chi connectivity index (χ1v) is 8.75. The minimum Gasteiger partial charge on any atom is -0.489 e. The van der Waals surface area contributed by atoms with E-state index in [4.69, 9.17) is 26.8 Å². The first-order valence-electron chi connectivity index (χ1n) is 8.37. The van der Waals surface area contributed by atoms with Crippen molar-refractivity contribution >= 4 is 11.6 Å². The van der Waals surface area contributed by atoms with Crippen LogP contribution in [0.2, 0.25) is 5.02 Å². The Morgan fingerprint density at radius 1 is 1.52 bits per heavy atom. The lowest BCUT2D eigenvalue weighted by Crippen LogP contribution is -2.26. The molecule has 0 spiro atoms. The van der Waals surface area contributed by atoms with Crippen LogP contribution >= 0.6 is 11.6 Å². The molecule has 0 saturated carbocycles. The summed E-state index contributed by atoms with van der Waals surface area (Å²) >= 11 is 6.08. The van der Waals surface area contributed by atoms with Gasteiger partial charge in [0.05, 0.1) is 29.9 Å². The second kappa shape index (κ2) is 8.14. The van der Waals surface area contributed by atoms with Crippen LogP contribution in [0.3, 0.4) is 0 Å². The van der Waals surface area contributed by atoms with Crippen molar-refractivity contribution in [1.82, 2.24) is 15.0 Å². The summed E-state index contributed by atoms with van der Waals surface area (Å²) in [6, 6.07) is 5.22. The number of hydrogen-bond donors (Lipinski definition) is 2. The van der Waals surface area contributed by atoms with E-state index in [1.54, 1.807) is 16.9 Å². The van der Waals surface area contributed by atoms with Gasteiger partial charge in [0.2, 0.25) is 0 Å². The van der Waals surface area contributed by atoms with Crippen LogP contribution < -0.4 is 10.5 Å². The zero-order chi connectivity index (χ0) is 17.8. The molecule has 0 radical (unpaired) electrons. The summed E-state index contributed by atoms with van der Waals surface area (Å²) in [5, 5.41) is 18.8. The molecule has 3 atom stereocenters. The molecule has 1 aliphatic rings. The molecule has 1 fully saturated rings. The fraction of sp³-hybridized carbons (Fsp3) is 0.529. The van der Waals surface area contributed by atoms with Gasteiger partial charge in [-0.3, -0.25) is 0 Å². The van der Waals surface area contributed by atoms with Gasteiger partial charge < -0.3 is 20.3 Å². The molecular formula is C17H23ClN4O3. The fourth-order valence-corrected chi connectivity index (χ4v) is 2.98. The van der Waals surface area contributed by atoms with E-state index in [0.717, 1.165) is 25.0 Å². The molecule has 0 amide bonds. The highest BCUT2D eigenvalue weighted by molar-refractivity contribution is 6.32. The summed E-state index contributed by atoms with van der Waals surface area (Å²) in [4.78, 5) is 0. The number of hydrogen-bond acceptors (Lipinski definition) is 6. The Morgan fingerprint density at radius 2 is 2.36 bits per heavy atom. The number of nitrogens with zero attached hydrogens (tertiary/aromatic N) is 3. The lowest BCUT2D eigenvalue weighted by molar-refractivity contribution is 0.0880. The molecule has 3 unspecified atom stereocenters. The minimum absolute atomic E-state index is 0.0122. The number of aliphatic hydroxyl groups is 1. The molecule has 8 heteroatoms. The van der Waals surface area contributed by atoms with Crippen LogP contribution in [0, 0.1) is 6.92 Å². The highest BCUT2D eigenvalue weighted by Crippen LogP contribution is 2.25. The van der Waals surface area contributed by atoms with E-state index in [1.165, 1.54) is 0 Å². The molecule has 1 aromatic heterocycles. The first kappa shape index (κ1) is 18.1. The SMILES string of the molecule is Cc1ccc(Cl)c(OCC(O)Cn2cc(C(N)C3CCCO3)nn2)c1. The van der Waals surface area contributed by atoms with Crippen molar-refractivity contribution in [2.75, 3.05) is 13.2 Å². The van der Waals surface area contributed by atoms with E-state index in [1.807, 2.05) is 19.1 Å². The standard InChI is InChI=1S/C17H23ClN4O3/c1-11-4-5-13(18)16(7-11)25-10-12(23)8-22-9-14(20-21-22)17(19)15-3-2-6-24-15/h4-5,7,9,12,15,17,23H,2-3,6,8,10,19H2,1H3. The van der Waals surface area contributed by atoms with E-state index >= 15 is 0 Å². The molecule has 1 saturated heterocycles. The van der Waals surface area contributed by atoms with Crippen molar-refractivity contribution in [2.24, 2.45) is 5.73 Å². The maximum Gasteiger partial charge on any atom is 0.138 e. The number of rotatable bonds is 7. The minimum atomic E-state index is -0.745. The summed E-state index contributed by atoms with van der Waals surface area (Å²) in [5.41, 5.74) is 7.88. The van der Waals surface area contributed by atoms with Gasteiger partial charge >= 0.3 is 0 Å². The van der Waals surface area contributed by atoms with Gasteiger partial charge in [-0.25, -0.2) is 4.68 Å². The predicted molar refractivity (Wildman–Crippen MR) is 93.6 cm³/mol. The van der Waals surface area contributed by atoms with Gasteiger partial charge in [-0.05, 0) is 37.5 Å². The van der Waals surface area contributed by atoms with Gasteiger partial charge in [0.1, 0.15) is 24.2 Å². The Balaban J connectivity index is 1.52. The third-order valence-corrected chi connectivity index (χ3v) is 4.49. The number of benzene rings is 1. The second-order valence-corrected chi connectivity index (χ2v) is 6.75. The highest BCUT2D eigenvalue weighted by Gasteiger charge is 2.26. The Bertz CT molecular complexity index is 703. The molecule has 0 aliphatic carbocycles. The molecule has 25 heavy (non-hydrogen) atoms. The van der Waals surface area contributed by atoms with Crippen molar-refractivity contribution < 1.29 is 14.6 Å². The zero-order valence-corrected chi connectivity index (χ0v) is 14.9. The fourth-order valence-electron chi connectivity index (χ4n) is 2.81. The molecule has 1 aromatic carbocycles. The monoisotopic (exact) mass is 366 g/mol. The summed E-state index contributed by atoms with van der Waals surface area (Å²) in [7, 11) is 0. The quantitative estimate of drug-likeness (QED) is 0.776. The third-order valence-electron chi connectivity index (χ3n) is 4.18. The van der Waals surface area contributed by atoms with E-state index < -0.39 is 6.10 Å². The molecule has 2 heterocycles. The van der Waals surface area contributed by atoms with Gasteiger partial charge in [-0.1, -0.05) is 22.9 Å². The average Bonchev–Trinajstić information content (AvgIpc) is 3.27. The van der Waals surface area contributed by atoms with Crippen molar-refractivity contribution in [3.8, 4) is 5.75 Å². The lowest BCUT2D eigenvalue weighted by atomic mass is 10.1. The molecule has 3 rings (SSSR count). The van der Waals surface area contributed by atoms with Crippen LogP contribution in [-0.4, -0.2) is 45.5 Å². The molecule has 3 N–H and O–H groups in total. The smallest absolute Gasteiger partial charge is 0.138 e. The maximum atomic E-state index is 10.2. The molecule has 2 aromatic rings. The van der Waals surface area contributed by atoms with Crippen LogP contribution in [0.4, 0.5) is 0 Å².